The highest BCUT2D eigenvalue weighted by atomic mass is 35.5. The number of ether oxygens (including phenoxy) is 1. The van der Waals surface area contributed by atoms with E-state index in [1.165, 1.54) is 0 Å². The van der Waals surface area contributed by atoms with Crippen LogP contribution in [0.4, 0.5) is 0 Å². The van der Waals surface area contributed by atoms with Gasteiger partial charge in [0, 0.05) is 20.7 Å². The zero-order valence-electron chi connectivity index (χ0n) is 7.84. The molecule has 0 heterocycles. The zero-order chi connectivity index (χ0) is 9.56. The van der Waals surface area contributed by atoms with Gasteiger partial charge in [-0.1, -0.05) is 6.92 Å². The van der Waals surface area contributed by atoms with Crippen molar-refractivity contribution in [2.75, 3.05) is 27.3 Å². The first kappa shape index (κ1) is 11.7. The maximum absolute atomic E-state index is 11.3. The highest BCUT2D eigenvalue weighted by Crippen LogP contribution is 2.04. The summed E-state index contributed by atoms with van der Waals surface area (Å²) in [5.74, 6) is -0.0313. The summed E-state index contributed by atoms with van der Waals surface area (Å²) < 4.78 is 4.84. The minimum atomic E-state index is -0.396. The Morgan fingerprint density at radius 3 is 2.67 bits per heavy atom. The van der Waals surface area contributed by atoms with Crippen LogP contribution in [0.3, 0.4) is 0 Å². The zero-order valence-corrected chi connectivity index (χ0v) is 8.60. The van der Waals surface area contributed by atoms with Gasteiger partial charge in [0.1, 0.15) is 5.38 Å². The third kappa shape index (κ3) is 3.93. The molecule has 0 aromatic heterocycles. The van der Waals surface area contributed by atoms with E-state index >= 15 is 0 Å². The summed E-state index contributed by atoms with van der Waals surface area (Å²) in [7, 11) is 3.34. The molecule has 72 valence electrons. The topological polar surface area (TPSA) is 29.5 Å². The second-order valence-electron chi connectivity index (χ2n) is 2.63. The quantitative estimate of drug-likeness (QED) is 0.613. The molecule has 0 spiro atoms. The minimum Gasteiger partial charge on any atom is -0.383 e. The first-order valence-corrected chi connectivity index (χ1v) is 4.45. The van der Waals surface area contributed by atoms with E-state index < -0.39 is 5.38 Å². The second-order valence-corrected chi connectivity index (χ2v) is 3.16. The third-order valence-corrected chi connectivity index (χ3v) is 2.13. The largest absolute Gasteiger partial charge is 0.383 e. The summed E-state index contributed by atoms with van der Waals surface area (Å²) in [5, 5.41) is -0.396. The molecular weight excluding hydrogens is 178 g/mol. The van der Waals surface area contributed by atoms with Crippen LogP contribution in [-0.2, 0) is 9.53 Å². The number of hydrogen-bond donors (Lipinski definition) is 0. The maximum atomic E-state index is 11.3. The Hall–Kier alpha value is -0.280. The van der Waals surface area contributed by atoms with Crippen molar-refractivity contribution in [1.29, 1.82) is 0 Å². The molecule has 0 radical (unpaired) electrons. The van der Waals surface area contributed by atoms with Crippen molar-refractivity contribution < 1.29 is 9.53 Å². The summed E-state index contributed by atoms with van der Waals surface area (Å²) in [6.45, 7) is 3.04. The highest BCUT2D eigenvalue weighted by Gasteiger charge is 2.16. The van der Waals surface area contributed by atoms with Crippen LogP contribution in [0.15, 0.2) is 0 Å². The number of likely N-dealkylation sites (N-methyl/N-ethyl adjacent to an activating group) is 1. The molecule has 12 heavy (non-hydrogen) atoms. The molecule has 0 unspecified atom stereocenters. The number of rotatable bonds is 5. The summed E-state index contributed by atoms with van der Waals surface area (Å²) in [6, 6.07) is 0. The Balaban J connectivity index is 3.75. The van der Waals surface area contributed by atoms with E-state index in [1.807, 2.05) is 6.92 Å². The van der Waals surface area contributed by atoms with Gasteiger partial charge < -0.3 is 9.64 Å². The molecule has 4 heteroatoms. The van der Waals surface area contributed by atoms with E-state index in [9.17, 15) is 4.79 Å². The molecule has 0 saturated carbocycles. The molecule has 0 fully saturated rings. The standard InChI is InChI=1S/C8H16ClNO2/c1-4-7(9)8(11)10(2)5-6-12-3/h7H,4-6H2,1-3H3/t7-/m0/s1. The molecule has 0 bridgehead atoms. The van der Waals surface area contributed by atoms with Crippen LogP contribution in [0.5, 0.6) is 0 Å². The normalized spacial score (nSPS) is 12.7. The van der Waals surface area contributed by atoms with Crippen LogP contribution >= 0.6 is 11.6 Å². The summed E-state index contributed by atoms with van der Waals surface area (Å²) in [6.07, 6.45) is 0.664. The van der Waals surface area contributed by atoms with Gasteiger partial charge in [-0.25, -0.2) is 0 Å². The summed E-state index contributed by atoms with van der Waals surface area (Å²) in [5.41, 5.74) is 0. The summed E-state index contributed by atoms with van der Waals surface area (Å²) in [4.78, 5) is 12.9. The minimum absolute atomic E-state index is 0.0313. The Morgan fingerprint density at radius 1 is 1.67 bits per heavy atom. The Labute approximate surface area is 78.6 Å². The molecule has 0 saturated heterocycles. The molecule has 0 rings (SSSR count). The average molecular weight is 194 g/mol. The van der Waals surface area contributed by atoms with Crippen LogP contribution in [0.2, 0.25) is 0 Å². The van der Waals surface area contributed by atoms with E-state index in [1.54, 1.807) is 19.1 Å². The lowest BCUT2D eigenvalue weighted by Gasteiger charge is -2.18. The number of amides is 1. The fraction of sp³-hybridized carbons (Fsp3) is 0.875. The van der Waals surface area contributed by atoms with Gasteiger partial charge in [0.05, 0.1) is 6.61 Å². The number of methoxy groups -OCH3 is 1. The van der Waals surface area contributed by atoms with Crippen molar-refractivity contribution in [3.05, 3.63) is 0 Å². The van der Waals surface area contributed by atoms with Crippen LogP contribution in [0, 0.1) is 0 Å². The highest BCUT2D eigenvalue weighted by molar-refractivity contribution is 6.30. The number of alkyl halides is 1. The number of nitrogens with zero attached hydrogens (tertiary/aromatic N) is 1. The van der Waals surface area contributed by atoms with Gasteiger partial charge in [0.25, 0.3) is 0 Å². The van der Waals surface area contributed by atoms with Crippen molar-refractivity contribution in [3.63, 3.8) is 0 Å². The van der Waals surface area contributed by atoms with Gasteiger partial charge in [0.2, 0.25) is 5.91 Å². The first-order valence-electron chi connectivity index (χ1n) is 4.01. The smallest absolute Gasteiger partial charge is 0.240 e. The Bertz CT molecular complexity index is 141. The van der Waals surface area contributed by atoms with E-state index in [2.05, 4.69) is 0 Å². The number of carbonyl (C=O) groups excluding carboxylic acids is 1. The van der Waals surface area contributed by atoms with Crippen LogP contribution in [-0.4, -0.2) is 43.5 Å². The number of halogens is 1. The average Bonchev–Trinajstić information content (AvgIpc) is 2.11. The van der Waals surface area contributed by atoms with E-state index in [-0.39, 0.29) is 5.91 Å². The molecule has 1 amide bonds. The van der Waals surface area contributed by atoms with Gasteiger partial charge >= 0.3 is 0 Å². The Kier molecular flexibility index (Phi) is 6.11. The molecule has 3 nitrogen and oxygen atoms in total. The maximum Gasteiger partial charge on any atom is 0.240 e. The lowest BCUT2D eigenvalue weighted by Crippen LogP contribution is -2.35. The Morgan fingerprint density at radius 2 is 2.25 bits per heavy atom. The third-order valence-electron chi connectivity index (χ3n) is 1.63. The molecule has 0 aliphatic heterocycles. The predicted molar refractivity (Wildman–Crippen MR) is 49.4 cm³/mol. The second kappa shape index (κ2) is 6.26. The molecule has 0 N–H and O–H groups in total. The number of hydrogen-bond acceptors (Lipinski definition) is 2. The van der Waals surface area contributed by atoms with E-state index in [0.29, 0.717) is 19.6 Å². The van der Waals surface area contributed by atoms with Crippen LogP contribution in [0.1, 0.15) is 13.3 Å². The van der Waals surface area contributed by atoms with Gasteiger partial charge in [0.15, 0.2) is 0 Å². The van der Waals surface area contributed by atoms with E-state index in [4.69, 9.17) is 16.3 Å². The summed E-state index contributed by atoms with van der Waals surface area (Å²) >= 11 is 5.76. The SMILES string of the molecule is CC[C@H](Cl)C(=O)N(C)CCOC. The number of carbonyl (C=O) groups is 1. The lowest BCUT2D eigenvalue weighted by atomic mass is 10.3. The monoisotopic (exact) mass is 193 g/mol. The van der Waals surface area contributed by atoms with Gasteiger partial charge in [-0.2, -0.15) is 0 Å². The molecule has 0 aliphatic carbocycles. The van der Waals surface area contributed by atoms with Crippen molar-refractivity contribution >= 4 is 17.5 Å². The van der Waals surface area contributed by atoms with Crippen LogP contribution in [0.25, 0.3) is 0 Å². The molecule has 0 aromatic carbocycles. The van der Waals surface area contributed by atoms with Crippen molar-refractivity contribution in [2.45, 2.75) is 18.7 Å². The fourth-order valence-corrected chi connectivity index (χ4v) is 0.919. The van der Waals surface area contributed by atoms with Crippen molar-refractivity contribution in [3.8, 4) is 0 Å². The van der Waals surface area contributed by atoms with Gasteiger partial charge in [-0.15, -0.1) is 11.6 Å². The fourth-order valence-electron chi connectivity index (χ4n) is 0.752. The van der Waals surface area contributed by atoms with Gasteiger partial charge in [-0.05, 0) is 6.42 Å². The lowest BCUT2D eigenvalue weighted by molar-refractivity contribution is -0.130. The van der Waals surface area contributed by atoms with Crippen molar-refractivity contribution in [2.24, 2.45) is 0 Å². The molecule has 0 aromatic rings. The van der Waals surface area contributed by atoms with E-state index in [0.717, 1.165) is 0 Å². The van der Waals surface area contributed by atoms with Crippen molar-refractivity contribution in [1.82, 2.24) is 4.90 Å². The van der Waals surface area contributed by atoms with Gasteiger partial charge in [-0.3, -0.25) is 4.79 Å². The first-order chi connectivity index (χ1) is 5.63. The molecular formula is C8H16ClNO2. The molecule has 1 atom stereocenters. The predicted octanol–water partition coefficient (Wildman–Crippen LogP) is 1.11. The van der Waals surface area contributed by atoms with Crippen LogP contribution < -0.4 is 0 Å². The molecule has 0 aliphatic rings.